The first kappa shape index (κ1) is 13.2. The molecule has 0 heterocycles. The van der Waals surface area contributed by atoms with Crippen LogP contribution in [0.1, 0.15) is 18.5 Å². The summed E-state index contributed by atoms with van der Waals surface area (Å²) in [5, 5.41) is 12.5. The van der Waals surface area contributed by atoms with E-state index in [-0.39, 0.29) is 18.4 Å². The molecule has 94 valence electrons. The van der Waals surface area contributed by atoms with Gasteiger partial charge >= 0.3 is 6.09 Å². The second-order valence-corrected chi connectivity index (χ2v) is 3.55. The molecule has 1 atom stereocenters. The van der Waals surface area contributed by atoms with E-state index in [9.17, 15) is 14.3 Å². The van der Waals surface area contributed by atoms with Crippen molar-refractivity contribution in [2.24, 2.45) is 5.73 Å². The summed E-state index contributed by atoms with van der Waals surface area (Å²) in [5.41, 5.74) is 5.23. The molecule has 0 aliphatic heterocycles. The molecular formula is C11H15FN2O3. The van der Waals surface area contributed by atoms with Crippen LogP contribution in [-0.2, 0) is 4.74 Å². The summed E-state index contributed by atoms with van der Waals surface area (Å²) in [6.45, 7) is 2.24. The first-order valence-electron chi connectivity index (χ1n) is 5.14. The van der Waals surface area contributed by atoms with Crippen LogP contribution in [0.4, 0.5) is 9.18 Å². The number of aromatic hydroxyl groups is 1. The Morgan fingerprint density at radius 3 is 3.00 bits per heavy atom. The minimum atomic E-state index is -0.840. The third kappa shape index (κ3) is 4.28. The van der Waals surface area contributed by atoms with Gasteiger partial charge in [0.1, 0.15) is 18.2 Å². The third-order valence-corrected chi connectivity index (χ3v) is 2.25. The molecule has 1 unspecified atom stereocenters. The Labute approximate surface area is 98.4 Å². The number of phenols is 1. The number of carbonyl (C=O) groups excluding carboxylic acids is 1. The number of carbonyl (C=O) groups is 1. The molecule has 0 bridgehead atoms. The summed E-state index contributed by atoms with van der Waals surface area (Å²) >= 11 is 0. The van der Waals surface area contributed by atoms with Crippen LogP contribution in [-0.4, -0.2) is 24.4 Å². The largest absolute Gasteiger partial charge is 0.508 e. The molecule has 1 aromatic carbocycles. The highest BCUT2D eigenvalue weighted by Gasteiger charge is 2.10. The molecule has 0 spiro atoms. The van der Waals surface area contributed by atoms with Crippen molar-refractivity contribution in [3.05, 3.63) is 29.6 Å². The summed E-state index contributed by atoms with van der Waals surface area (Å²) in [5.74, 6) is -0.401. The van der Waals surface area contributed by atoms with E-state index < -0.39 is 11.9 Å². The SMILES string of the molecule is CC(NCCOC(N)=O)c1cc(F)ccc1O. The normalized spacial score (nSPS) is 12.1. The Morgan fingerprint density at radius 1 is 1.65 bits per heavy atom. The maximum Gasteiger partial charge on any atom is 0.404 e. The predicted octanol–water partition coefficient (Wildman–Crippen LogP) is 1.28. The van der Waals surface area contributed by atoms with Gasteiger partial charge in [-0.2, -0.15) is 0 Å². The molecular weight excluding hydrogens is 227 g/mol. The lowest BCUT2D eigenvalue weighted by Crippen LogP contribution is -2.26. The zero-order chi connectivity index (χ0) is 12.8. The van der Waals surface area contributed by atoms with Crippen LogP contribution in [0.5, 0.6) is 5.75 Å². The molecule has 6 heteroatoms. The number of nitrogens with two attached hydrogens (primary N) is 1. The van der Waals surface area contributed by atoms with Crippen LogP contribution < -0.4 is 11.1 Å². The maximum atomic E-state index is 13.0. The summed E-state index contributed by atoms with van der Waals surface area (Å²) in [6.07, 6.45) is -0.840. The van der Waals surface area contributed by atoms with Crippen LogP contribution >= 0.6 is 0 Å². The highest BCUT2D eigenvalue weighted by molar-refractivity contribution is 5.64. The zero-order valence-electron chi connectivity index (χ0n) is 9.44. The van der Waals surface area contributed by atoms with Crippen molar-refractivity contribution in [1.29, 1.82) is 0 Å². The van der Waals surface area contributed by atoms with Gasteiger partial charge in [0.05, 0.1) is 0 Å². The molecule has 1 aromatic rings. The molecule has 0 radical (unpaired) electrons. The van der Waals surface area contributed by atoms with Crippen LogP contribution in [0.15, 0.2) is 18.2 Å². The predicted molar refractivity (Wildman–Crippen MR) is 60.0 cm³/mol. The summed E-state index contributed by atoms with van der Waals surface area (Å²) in [6, 6.07) is 3.47. The van der Waals surface area contributed by atoms with Crippen molar-refractivity contribution >= 4 is 6.09 Å². The summed E-state index contributed by atoms with van der Waals surface area (Å²) in [4.78, 5) is 10.3. The lowest BCUT2D eigenvalue weighted by atomic mass is 10.1. The van der Waals surface area contributed by atoms with Crippen molar-refractivity contribution in [3.8, 4) is 5.75 Å². The summed E-state index contributed by atoms with van der Waals surface area (Å²) in [7, 11) is 0. The van der Waals surface area contributed by atoms with Gasteiger partial charge in [-0.15, -0.1) is 0 Å². The fraction of sp³-hybridized carbons (Fsp3) is 0.364. The molecule has 5 nitrogen and oxygen atoms in total. The van der Waals surface area contributed by atoms with Gasteiger partial charge in [-0.3, -0.25) is 0 Å². The molecule has 0 aliphatic rings. The Balaban J connectivity index is 2.49. The van der Waals surface area contributed by atoms with Crippen LogP contribution in [0, 0.1) is 5.82 Å². The topological polar surface area (TPSA) is 84.6 Å². The molecule has 1 rings (SSSR count). The molecule has 1 amide bonds. The zero-order valence-corrected chi connectivity index (χ0v) is 9.44. The maximum absolute atomic E-state index is 13.0. The van der Waals surface area contributed by atoms with Gasteiger partial charge in [-0.05, 0) is 25.1 Å². The number of hydrogen-bond donors (Lipinski definition) is 3. The number of amides is 1. The van der Waals surface area contributed by atoms with Crippen molar-refractivity contribution in [3.63, 3.8) is 0 Å². The molecule has 0 saturated carbocycles. The highest BCUT2D eigenvalue weighted by Crippen LogP contribution is 2.24. The molecule has 17 heavy (non-hydrogen) atoms. The van der Waals surface area contributed by atoms with Crippen molar-refractivity contribution < 1.29 is 19.0 Å². The second-order valence-electron chi connectivity index (χ2n) is 3.55. The van der Waals surface area contributed by atoms with Gasteiger partial charge in [-0.1, -0.05) is 0 Å². The van der Waals surface area contributed by atoms with E-state index in [1.807, 2.05) is 0 Å². The minimum Gasteiger partial charge on any atom is -0.508 e. The van der Waals surface area contributed by atoms with Crippen molar-refractivity contribution in [2.75, 3.05) is 13.2 Å². The summed E-state index contributed by atoms with van der Waals surface area (Å²) < 4.78 is 17.5. The van der Waals surface area contributed by atoms with Gasteiger partial charge < -0.3 is 20.9 Å². The number of phenolic OH excluding ortho intramolecular Hbond substituents is 1. The molecule has 4 N–H and O–H groups in total. The average molecular weight is 242 g/mol. The number of benzene rings is 1. The fourth-order valence-electron chi connectivity index (χ4n) is 1.41. The van der Waals surface area contributed by atoms with E-state index in [1.165, 1.54) is 18.2 Å². The Kier molecular flexibility index (Phi) is 4.71. The quantitative estimate of drug-likeness (QED) is 0.679. The van der Waals surface area contributed by atoms with Crippen LogP contribution in [0.3, 0.4) is 0 Å². The number of rotatable bonds is 5. The Bertz CT molecular complexity index is 398. The van der Waals surface area contributed by atoms with E-state index in [2.05, 4.69) is 10.1 Å². The Morgan fingerprint density at radius 2 is 2.35 bits per heavy atom. The van der Waals surface area contributed by atoms with Gasteiger partial charge in [0, 0.05) is 18.2 Å². The average Bonchev–Trinajstić information content (AvgIpc) is 2.27. The first-order valence-corrected chi connectivity index (χ1v) is 5.14. The van der Waals surface area contributed by atoms with E-state index >= 15 is 0 Å². The van der Waals surface area contributed by atoms with E-state index in [0.29, 0.717) is 12.1 Å². The van der Waals surface area contributed by atoms with Crippen molar-refractivity contribution in [2.45, 2.75) is 13.0 Å². The first-order chi connectivity index (χ1) is 8.00. The second kappa shape index (κ2) is 6.05. The standard InChI is InChI=1S/C11H15FN2O3/c1-7(14-4-5-17-11(13)16)9-6-8(12)2-3-10(9)15/h2-3,6-7,14-15H,4-5H2,1H3,(H2,13,16). The number of ether oxygens (including phenoxy) is 1. The van der Waals surface area contributed by atoms with Crippen LogP contribution in [0.25, 0.3) is 0 Å². The number of halogens is 1. The van der Waals surface area contributed by atoms with E-state index in [1.54, 1.807) is 6.92 Å². The number of primary amides is 1. The fourth-order valence-corrected chi connectivity index (χ4v) is 1.41. The van der Waals surface area contributed by atoms with Gasteiger partial charge in [-0.25, -0.2) is 9.18 Å². The molecule has 0 fully saturated rings. The van der Waals surface area contributed by atoms with E-state index in [4.69, 9.17) is 5.73 Å². The van der Waals surface area contributed by atoms with Crippen LogP contribution in [0.2, 0.25) is 0 Å². The molecule has 0 saturated heterocycles. The highest BCUT2D eigenvalue weighted by atomic mass is 19.1. The van der Waals surface area contributed by atoms with Gasteiger partial charge in [0.15, 0.2) is 0 Å². The number of nitrogens with one attached hydrogen (secondary N) is 1. The third-order valence-electron chi connectivity index (χ3n) is 2.25. The lowest BCUT2D eigenvalue weighted by Gasteiger charge is -2.15. The minimum absolute atomic E-state index is 0.0159. The van der Waals surface area contributed by atoms with E-state index in [0.717, 1.165) is 0 Å². The smallest absolute Gasteiger partial charge is 0.404 e. The molecule has 0 aromatic heterocycles. The Hall–Kier alpha value is -1.82. The molecule has 0 aliphatic carbocycles. The lowest BCUT2D eigenvalue weighted by molar-refractivity contribution is 0.156. The monoisotopic (exact) mass is 242 g/mol. The van der Waals surface area contributed by atoms with Crippen molar-refractivity contribution in [1.82, 2.24) is 5.32 Å². The van der Waals surface area contributed by atoms with Gasteiger partial charge in [0.25, 0.3) is 0 Å². The number of hydrogen-bond acceptors (Lipinski definition) is 4. The van der Waals surface area contributed by atoms with Gasteiger partial charge in [0.2, 0.25) is 0 Å².